The number of allylic oxidation sites excluding steroid dienone is 4. The first-order chi connectivity index (χ1) is 32.0. The zero-order valence-electron chi connectivity index (χ0n) is 36.6. The fourth-order valence-corrected chi connectivity index (χ4v) is 10.6. The van der Waals surface area contributed by atoms with E-state index in [0.717, 1.165) is 81.0 Å². The molecule has 0 spiro atoms. The summed E-state index contributed by atoms with van der Waals surface area (Å²) < 4.78 is 6.80. The van der Waals surface area contributed by atoms with Crippen molar-refractivity contribution in [2.45, 2.75) is 44.9 Å². The molecule has 3 unspecified atom stereocenters. The van der Waals surface area contributed by atoms with Crippen LogP contribution in [0.1, 0.15) is 60.9 Å². The molecule has 7 aromatic carbocycles. The number of hydrogen-bond acceptors (Lipinski definition) is 4. The number of para-hydroxylation sites is 1. The quantitative estimate of drug-likeness (QED) is 0.160. The highest BCUT2D eigenvalue weighted by Gasteiger charge is 2.33. The van der Waals surface area contributed by atoms with Gasteiger partial charge in [0.1, 0.15) is 11.3 Å². The Bertz CT molecular complexity index is 3480. The molecule has 65 heavy (non-hydrogen) atoms. The van der Waals surface area contributed by atoms with E-state index < -0.39 is 0 Å². The maximum atomic E-state index is 6.80. The Labute approximate surface area is 379 Å². The summed E-state index contributed by atoms with van der Waals surface area (Å²) in [6.07, 6.45) is 9.60. The Morgan fingerprint density at radius 2 is 1.22 bits per heavy atom. The minimum atomic E-state index is 0.197. The molecule has 0 amide bonds. The molecule has 4 nitrogen and oxygen atoms in total. The van der Waals surface area contributed by atoms with E-state index in [1.807, 2.05) is 0 Å². The highest BCUT2D eigenvalue weighted by Crippen LogP contribution is 2.49. The number of aromatic nitrogens is 3. The number of rotatable bonds is 7. The van der Waals surface area contributed by atoms with E-state index in [4.69, 9.17) is 19.4 Å². The fraction of sp³-hybridized carbons (Fsp3) is 0.131. The molecule has 3 aromatic heterocycles. The van der Waals surface area contributed by atoms with Crippen LogP contribution in [-0.4, -0.2) is 15.0 Å². The largest absolute Gasteiger partial charge is 0.454 e. The van der Waals surface area contributed by atoms with E-state index in [-0.39, 0.29) is 11.8 Å². The molecule has 0 saturated carbocycles. The van der Waals surface area contributed by atoms with Gasteiger partial charge in [0.15, 0.2) is 11.4 Å². The van der Waals surface area contributed by atoms with E-state index in [9.17, 15) is 0 Å². The normalized spacial score (nSPS) is 17.1. The molecule has 0 aliphatic heterocycles. The maximum absolute atomic E-state index is 6.80. The van der Waals surface area contributed by atoms with Crippen molar-refractivity contribution in [1.82, 2.24) is 15.0 Å². The number of pyridine rings is 1. The van der Waals surface area contributed by atoms with Gasteiger partial charge >= 0.3 is 0 Å². The van der Waals surface area contributed by atoms with Gasteiger partial charge in [0, 0.05) is 38.7 Å². The molecule has 0 radical (unpaired) electrons. The van der Waals surface area contributed by atoms with Crippen LogP contribution in [-0.2, 0) is 6.42 Å². The number of aryl methyl sites for hydroxylation is 1. The molecule has 0 fully saturated rings. The lowest BCUT2D eigenvalue weighted by Gasteiger charge is -2.32. The zero-order valence-corrected chi connectivity index (χ0v) is 36.6. The van der Waals surface area contributed by atoms with Crippen LogP contribution in [0.5, 0.6) is 0 Å². The molecule has 0 bridgehead atoms. The van der Waals surface area contributed by atoms with Crippen molar-refractivity contribution in [1.29, 1.82) is 0 Å². The van der Waals surface area contributed by atoms with Crippen LogP contribution in [0.25, 0.3) is 94.6 Å². The van der Waals surface area contributed by atoms with Gasteiger partial charge in [0.25, 0.3) is 0 Å². The third kappa shape index (κ3) is 6.98. The number of nitrogens with zero attached hydrogens (tertiary/aromatic N) is 3. The molecule has 4 heteroatoms. The predicted molar refractivity (Wildman–Crippen MR) is 269 cm³/mol. The van der Waals surface area contributed by atoms with Crippen LogP contribution in [0.2, 0.25) is 0 Å². The number of hydrogen-bond donors (Lipinski definition) is 0. The summed E-state index contributed by atoms with van der Waals surface area (Å²) in [6.45, 7) is 4.69. The summed E-state index contributed by atoms with van der Waals surface area (Å²) in [5, 5.41) is 4.73. The number of fused-ring (bicyclic) bond motifs is 6. The van der Waals surface area contributed by atoms with Gasteiger partial charge in [0.05, 0.1) is 11.4 Å². The molecule has 12 rings (SSSR count). The van der Waals surface area contributed by atoms with Crippen LogP contribution in [0.15, 0.2) is 199 Å². The van der Waals surface area contributed by atoms with Gasteiger partial charge in [-0.15, -0.1) is 0 Å². The van der Waals surface area contributed by atoms with Crippen LogP contribution in [0.3, 0.4) is 0 Å². The first kappa shape index (κ1) is 38.9. The van der Waals surface area contributed by atoms with E-state index in [0.29, 0.717) is 5.92 Å². The minimum absolute atomic E-state index is 0.197. The van der Waals surface area contributed by atoms with Crippen molar-refractivity contribution in [2.75, 3.05) is 0 Å². The van der Waals surface area contributed by atoms with Crippen molar-refractivity contribution >= 4 is 38.3 Å². The van der Waals surface area contributed by atoms with Crippen LogP contribution in [0, 0.1) is 5.92 Å². The van der Waals surface area contributed by atoms with E-state index in [1.54, 1.807) is 0 Å². The Morgan fingerprint density at radius 1 is 0.554 bits per heavy atom. The summed E-state index contributed by atoms with van der Waals surface area (Å²) in [5.74, 6) is 1.67. The highest BCUT2D eigenvalue weighted by molar-refractivity contribution is 6.13. The second kappa shape index (κ2) is 16.1. The van der Waals surface area contributed by atoms with Crippen LogP contribution >= 0.6 is 0 Å². The van der Waals surface area contributed by atoms with Crippen molar-refractivity contribution in [3.8, 4) is 56.3 Å². The van der Waals surface area contributed by atoms with E-state index >= 15 is 0 Å². The lowest BCUT2D eigenvalue weighted by atomic mass is 9.73. The molecule has 0 saturated heterocycles. The van der Waals surface area contributed by atoms with Gasteiger partial charge in [-0.3, -0.25) is 0 Å². The van der Waals surface area contributed by atoms with Crippen LogP contribution < -0.4 is 0 Å². The molecule has 2 aliphatic carbocycles. The molecule has 0 N–H and O–H groups in total. The van der Waals surface area contributed by atoms with Gasteiger partial charge < -0.3 is 4.42 Å². The van der Waals surface area contributed by atoms with Crippen molar-refractivity contribution in [2.24, 2.45) is 5.92 Å². The predicted octanol–water partition coefficient (Wildman–Crippen LogP) is 16.1. The molecule has 3 atom stereocenters. The SMILES string of the molecule is CC1CC=CC=C1c1ccc(-c2nc(-c3ccc(-c4ccccc4)cc3)cc(-c3cccc(C4CCc5nc(-c6cccc7ccccc67)c6oc7ccccc7c6c5C4C)c3)n2)cc1. The molecule has 312 valence electrons. The van der Waals surface area contributed by atoms with Crippen molar-refractivity contribution in [3.63, 3.8) is 0 Å². The summed E-state index contributed by atoms with van der Waals surface area (Å²) in [4.78, 5) is 16.1. The molecule has 10 aromatic rings. The monoisotopic (exact) mass is 837 g/mol. The third-order valence-corrected chi connectivity index (χ3v) is 14.0. The van der Waals surface area contributed by atoms with Gasteiger partial charge in [-0.25, -0.2) is 15.0 Å². The Kier molecular flexibility index (Phi) is 9.67. The first-order valence-corrected chi connectivity index (χ1v) is 23.0. The van der Waals surface area contributed by atoms with Crippen molar-refractivity contribution < 1.29 is 4.42 Å². The summed E-state index contributed by atoms with van der Waals surface area (Å²) in [6, 6.07) is 62.9. The Hall–Kier alpha value is -7.69. The lowest BCUT2D eigenvalue weighted by Crippen LogP contribution is -2.19. The number of furan rings is 1. The molecule has 3 heterocycles. The van der Waals surface area contributed by atoms with Crippen LogP contribution in [0.4, 0.5) is 0 Å². The third-order valence-electron chi connectivity index (χ3n) is 14.0. The minimum Gasteiger partial charge on any atom is -0.454 e. The summed E-state index contributed by atoms with van der Waals surface area (Å²) in [5.41, 5.74) is 17.5. The lowest BCUT2D eigenvalue weighted by molar-refractivity contribution is 0.498. The van der Waals surface area contributed by atoms with Gasteiger partial charge in [-0.1, -0.05) is 190 Å². The Balaban J connectivity index is 0.946. The molecule has 2 aliphatic rings. The zero-order chi connectivity index (χ0) is 43.4. The first-order valence-electron chi connectivity index (χ1n) is 23.0. The average Bonchev–Trinajstić information content (AvgIpc) is 3.76. The van der Waals surface area contributed by atoms with E-state index in [1.165, 1.54) is 55.2 Å². The average molecular weight is 838 g/mol. The smallest absolute Gasteiger partial charge is 0.162 e. The highest BCUT2D eigenvalue weighted by atomic mass is 16.3. The summed E-state index contributed by atoms with van der Waals surface area (Å²) in [7, 11) is 0. The van der Waals surface area contributed by atoms with Gasteiger partial charge in [0.2, 0.25) is 0 Å². The second-order valence-electron chi connectivity index (χ2n) is 17.9. The fourth-order valence-electron chi connectivity index (χ4n) is 10.6. The van der Waals surface area contributed by atoms with E-state index in [2.05, 4.69) is 208 Å². The van der Waals surface area contributed by atoms with Crippen molar-refractivity contribution in [3.05, 3.63) is 217 Å². The summed E-state index contributed by atoms with van der Waals surface area (Å²) >= 11 is 0. The standard InChI is InChI=1S/C61H47N3O/c1-38-14-6-8-21-48(38)43-28-32-45(33-29-43)61-63-54(44-30-26-41(27-31-44)40-15-4-3-5-16-40)37-55(64-61)47-20-12-19-46(36-47)49-34-35-53-57(39(49)2)58-52-23-10-11-25-56(52)65-60(58)59(62-53)51-24-13-18-42-17-7-9-22-50(42)51/h3-13,15-33,36-39,49H,14,34-35H2,1-2H3. The maximum Gasteiger partial charge on any atom is 0.162 e. The number of benzene rings is 7. The molecular formula is C61H47N3O. The van der Waals surface area contributed by atoms with Gasteiger partial charge in [-0.05, 0) is 99.4 Å². The molecular weight excluding hydrogens is 791 g/mol. The Morgan fingerprint density at radius 3 is 2.05 bits per heavy atom. The van der Waals surface area contributed by atoms with Gasteiger partial charge in [-0.2, -0.15) is 0 Å². The topological polar surface area (TPSA) is 51.8 Å². The second-order valence-corrected chi connectivity index (χ2v) is 17.9.